The molecule has 0 saturated carbocycles. The fraction of sp³-hybridized carbons (Fsp3) is 0.333. The van der Waals surface area contributed by atoms with Crippen LogP contribution in [0.3, 0.4) is 0 Å². The lowest BCUT2D eigenvalue weighted by atomic mass is 10.2. The van der Waals surface area contributed by atoms with Gasteiger partial charge in [-0.05, 0) is 30.3 Å². The number of rotatable bonds is 8. The Morgan fingerprint density at radius 3 is 2.53 bits per heavy atom. The number of benzene rings is 1. The minimum absolute atomic E-state index is 0.00796. The number of halogens is 2. The number of piperazine rings is 1. The molecule has 36 heavy (non-hydrogen) atoms. The molecule has 3 amide bonds. The van der Waals surface area contributed by atoms with Crippen LogP contribution in [-0.4, -0.2) is 70.1 Å². The molecule has 1 fully saturated rings. The Hall–Kier alpha value is -3.08. The second-order valence-corrected chi connectivity index (χ2v) is 9.91. The molecule has 0 bridgehead atoms. The van der Waals surface area contributed by atoms with Gasteiger partial charge in [0.1, 0.15) is 11.5 Å². The molecule has 1 aliphatic heterocycles. The van der Waals surface area contributed by atoms with E-state index in [0.717, 1.165) is 0 Å². The van der Waals surface area contributed by atoms with Gasteiger partial charge in [0.2, 0.25) is 11.8 Å². The van der Waals surface area contributed by atoms with Crippen molar-refractivity contribution in [1.29, 1.82) is 0 Å². The van der Waals surface area contributed by atoms with E-state index in [-0.39, 0.29) is 42.9 Å². The summed E-state index contributed by atoms with van der Waals surface area (Å²) in [7, 11) is 0. The minimum atomic E-state index is -0.306. The monoisotopic (exact) mass is 549 g/mol. The van der Waals surface area contributed by atoms with E-state index in [0.29, 0.717) is 52.8 Å². The minimum Gasteiger partial charge on any atom is -0.467 e. The standard InChI is InChI=1S/C24H25Cl2N5O4S/c1-16(32)29-8-10-30(11-9-29)22(33)6-7-31(14-18-3-2-12-35-18)23(34)21-15-36-24(28-21)27-17-4-5-19(25)20(26)13-17/h2-5,12-13,15H,6-11,14H2,1H3,(H,27,28). The Morgan fingerprint density at radius 2 is 1.86 bits per heavy atom. The number of carbonyl (C=O) groups excluding carboxylic acids is 3. The number of nitrogens with one attached hydrogen (secondary N) is 1. The quantitative estimate of drug-likeness (QED) is 0.443. The average Bonchev–Trinajstić information content (AvgIpc) is 3.56. The molecule has 3 aromatic rings. The molecule has 0 atom stereocenters. The summed E-state index contributed by atoms with van der Waals surface area (Å²) in [5.41, 5.74) is 0.956. The number of carbonyl (C=O) groups is 3. The maximum absolute atomic E-state index is 13.3. The molecule has 0 unspecified atom stereocenters. The number of amides is 3. The highest BCUT2D eigenvalue weighted by Gasteiger charge is 2.25. The van der Waals surface area contributed by atoms with Crippen molar-refractivity contribution >= 4 is 63.1 Å². The topological polar surface area (TPSA) is 99.0 Å². The number of hydrogen-bond donors (Lipinski definition) is 1. The van der Waals surface area contributed by atoms with Gasteiger partial charge in [0.05, 0.1) is 22.9 Å². The molecular weight excluding hydrogens is 525 g/mol. The molecule has 1 aromatic carbocycles. The van der Waals surface area contributed by atoms with Gasteiger partial charge in [0, 0.05) is 57.1 Å². The molecular formula is C24H25Cl2N5O4S. The summed E-state index contributed by atoms with van der Waals surface area (Å²) in [4.78, 5) is 47.1. The summed E-state index contributed by atoms with van der Waals surface area (Å²) in [5, 5.41) is 6.17. The van der Waals surface area contributed by atoms with E-state index in [9.17, 15) is 14.4 Å². The van der Waals surface area contributed by atoms with Crippen LogP contribution in [0.15, 0.2) is 46.4 Å². The first kappa shape index (κ1) is 26.0. The van der Waals surface area contributed by atoms with Crippen molar-refractivity contribution in [3.8, 4) is 0 Å². The Bertz CT molecular complexity index is 1230. The van der Waals surface area contributed by atoms with Crippen molar-refractivity contribution in [1.82, 2.24) is 19.7 Å². The van der Waals surface area contributed by atoms with Crippen LogP contribution >= 0.6 is 34.5 Å². The molecule has 2 aromatic heterocycles. The normalized spacial score (nSPS) is 13.5. The van der Waals surface area contributed by atoms with Gasteiger partial charge < -0.3 is 24.4 Å². The van der Waals surface area contributed by atoms with Crippen LogP contribution in [0.25, 0.3) is 0 Å². The number of furan rings is 1. The third-order valence-corrected chi connectivity index (χ3v) is 7.28. The highest BCUT2D eigenvalue weighted by Crippen LogP contribution is 2.28. The summed E-state index contributed by atoms with van der Waals surface area (Å²) < 4.78 is 5.43. The van der Waals surface area contributed by atoms with Crippen molar-refractivity contribution in [3.05, 3.63) is 63.5 Å². The van der Waals surface area contributed by atoms with Gasteiger partial charge in [0.15, 0.2) is 5.13 Å². The zero-order valence-electron chi connectivity index (χ0n) is 19.6. The SMILES string of the molecule is CC(=O)N1CCN(C(=O)CCN(Cc2ccco2)C(=O)c2csc(Nc3ccc(Cl)c(Cl)c3)n2)CC1. The Kier molecular flexibility index (Phi) is 8.50. The molecule has 0 spiro atoms. The average molecular weight is 550 g/mol. The molecule has 1 N–H and O–H groups in total. The zero-order valence-corrected chi connectivity index (χ0v) is 21.9. The number of nitrogens with zero attached hydrogens (tertiary/aromatic N) is 4. The number of aromatic nitrogens is 1. The number of thiazole rings is 1. The summed E-state index contributed by atoms with van der Waals surface area (Å²) in [6, 6.07) is 8.65. The largest absolute Gasteiger partial charge is 0.467 e. The maximum atomic E-state index is 13.3. The fourth-order valence-electron chi connectivity index (χ4n) is 3.79. The lowest BCUT2D eigenvalue weighted by molar-refractivity contribution is -0.138. The highest BCUT2D eigenvalue weighted by atomic mass is 35.5. The maximum Gasteiger partial charge on any atom is 0.273 e. The second-order valence-electron chi connectivity index (χ2n) is 8.23. The first-order valence-electron chi connectivity index (χ1n) is 11.3. The van der Waals surface area contributed by atoms with Crippen LogP contribution in [0.5, 0.6) is 0 Å². The van der Waals surface area contributed by atoms with E-state index in [1.54, 1.807) is 56.7 Å². The third-order valence-electron chi connectivity index (χ3n) is 5.78. The lowest BCUT2D eigenvalue weighted by Gasteiger charge is -2.34. The van der Waals surface area contributed by atoms with Gasteiger partial charge in [0.25, 0.3) is 5.91 Å². The van der Waals surface area contributed by atoms with Crippen molar-refractivity contribution in [2.45, 2.75) is 19.9 Å². The summed E-state index contributed by atoms with van der Waals surface area (Å²) in [6.07, 6.45) is 1.70. The molecule has 12 heteroatoms. The van der Waals surface area contributed by atoms with Gasteiger partial charge in [-0.2, -0.15) is 0 Å². The summed E-state index contributed by atoms with van der Waals surface area (Å²) >= 11 is 13.3. The predicted molar refractivity (Wildman–Crippen MR) is 139 cm³/mol. The Morgan fingerprint density at radius 1 is 1.11 bits per heavy atom. The third kappa shape index (κ3) is 6.57. The van der Waals surface area contributed by atoms with E-state index in [1.165, 1.54) is 18.3 Å². The molecule has 9 nitrogen and oxygen atoms in total. The first-order chi connectivity index (χ1) is 17.3. The summed E-state index contributed by atoms with van der Waals surface area (Å²) in [5.74, 6) is 0.249. The van der Waals surface area contributed by atoms with Crippen LogP contribution in [0.2, 0.25) is 10.0 Å². The summed E-state index contributed by atoms with van der Waals surface area (Å²) in [6.45, 7) is 3.95. The fourth-order valence-corrected chi connectivity index (χ4v) is 4.79. The lowest BCUT2D eigenvalue weighted by Crippen LogP contribution is -2.50. The van der Waals surface area contributed by atoms with E-state index in [1.807, 2.05) is 0 Å². The van der Waals surface area contributed by atoms with Gasteiger partial charge >= 0.3 is 0 Å². The molecule has 190 valence electrons. The van der Waals surface area contributed by atoms with Crippen LogP contribution in [-0.2, 0) is 16.1 Å². The van der Waals surface area contributed by atoms with Crippen LogP contribution < -0.4 is 5.32 Å². The second kappa shape index (κ2) is 11.8. The number of anilines is 2. The van der Waals surface area contributed by atoms with E-state index in [2.05, 4.69) is 10.3 Å². The smallest absolute Gasteiger partial charge is 0.273 e. The van der Waals surface area contributed by atoms with Gasteiger partial charge in [-0.3, -0.25) is 14.4 Å². The van der Waals surface area contributed by atoms with E-state index < -0.39 is 0 Å². The first-order valence-corrected chi connectivity index (χ1v) is 13.0. The molecule has 0 radical (unpaired) electrons. The molecule has 3 heterocycles. The van der Waals surface area contributed by atoms with Crippen molar-refractivity contribution in [2.75, 3.05) is 38.0 Å². The molecule has 1 aliphatic rings. The van der Waals surface area contributed by atoms with Crippen molar-refractivity contribution in [2.24, 2.45) is 0 Å². The van der Waals surface area contributed by atoms with Gasteiger partial charge in [-0.1, -0.05) is 23.2 Å². The molecule has 4 rings (SSSR count). The van der Waals surface area contributed by atoms with Crippen molar-refractivity contribution in [3.63, 3.8) is 0 Å². The van der Waals surface area contributed by atoms with Gasteiger partial charge in [-0.25, -0.2) is 4.98 Å². The predicted octanol–water partition coefficient (Wildman–Crippen LogP) is 4.51. The van der Waals surface area contributed by atoms with Gasteiger partial charge in [-0.15, -0.1) is 11.3 Å². The van der Waals surface area contributed by atoms with E-state index in [4.69, 9.17) is 27.6 Å². The number of hydrogen-bond acceptors (Lipinski definition) is 7. The Balaban J connectivity index is 1.40. The molecule has 0 aliphatic carbocycles. The van der Waals surface area contributed by atoms with Crippen molar-refractivity contribution < 1.29 is 18.8 Å². The highest BCUT2D eigenvalue weighted by molar-refractivity contribution is 7.14. The van der Waals surface area contributed by atoms with Crippen LogP contribution in [0.4, 0.5) is 10.8 Å². The van der Waals surface area contributed by atoms with Crippen LogP contribution in [0.1, 0.15) is 29.6 Å². The molecule has 1 saturated heterocycles. The van der Waals surface area contributed by atoms with E-state index >= 15 is 0 Å². The Labute approximate surface area is 222 Å². The zero-order chi connectivity index (χ0) is 25.7. The van der Waals surface area contributed by atoms with Crippen LogP contribution in [0, 0.1) is 0 Å².